The molecule has 1 saturated heterocycles. The number of piperidine rings is 1. The Hall–Kier alpha value is -1.66. The maximum Gasteiger partial charge on any atom is 0.288 e. The van der Waals surface area contributed by atoms with Gasteiger partial charge in [0.15, 0.2) is 0 Å². The second kappa shape index (κ2) is 6.41. The van der Waals surface area contributed by atoms with E-state index in [0.717, 1.165) is 19.5 Å². The van der Waals surface area contributed by atoms with Crippen molar-refractivity contribution < 1.29 is 9.72 Å². The highest BCUT2D eigenvalue weighted by Gasteiger charge is 2.27. The minimum Gasteiger partial charge on any atom is -0.349 e. The summed E-state index contributed by atoms with van der Waals surface area (Å²) in [6, 6.07) is 4.32. The zero-order valence-electron chi connectivity index (χ0n) is 12.0. The van der Waals surface area contributed by atoms with Gasteiger partial charge in [0, 0.05) is 18.7 Å². The quantitative estimate of drug-likeness (QED) is 0.686. The van der Waals surface area contributed by atoms with Crippen LogP contribution in [0.25, 0.3) is 0 Å². The molecule has 7 heteroatoms. The van der Waals surface area contributed by atoms with Crippen molar-refractivity contribution in [3.63, 3.8) is 0 Å². The standard InChI is InChI=1S/C14H18ClN3O3/c1-9-8-17(2)7-6-11(9)16-14(19)10-4-3-5-12(13(10)15)18(20)21/h3-5,9,11H,6-8H2,1-2H3,(H,16,19). The Morgan fingerprint density at radius 1 is 1.52 bits per heavy atom. The molecule has 1 fully saturated rings. The largest absolute Gasteiger partial charge is 0.349 e. The van der Waals surface area contributed by atoms with E-state index in [4.69, 9.17) is 11.6 Å². The molecule has 1 amide bonds. The van der Waals surface area contributed by atoms with Gasteiger partial charge in [-0.25, -0.2) is 0 Å². The fraction of sp³-hybridized carbons (Fsp3) is 0.500. The third-order valence-electron chi connectivity index (χ3n) is 3.84. The van der Waals surface area contributed by atoms with Gasteiger partial charge in [-0.2, -0.15) is 0 Å². The summed E-state index contributed by atoms with van der Waals surface area (Å²) in [6.45, 7) is 3.90. The highest BCUT2D eigenvalue weighted by molar-refractivity contribution is 6.35. The molecule has 2 rings (SSSR count). The Morgan fingerprint density at radius 3 is 2.86 bits per heavy atom. The van der Waals surface area contributed by atoms with E-state index in [0.29, 0.717) is 5.92 Å². The van der Waals surface area contributed by atoms with E-state index in [2.05, 4.69) is 17.1 Å². The molecule has 0 radical (unpaired) electrons. The Morgan fingerprint density at radius 2 is 2.24 bits per heavy atom. The van der Waals surface area contributed by atoms with Crippen LogP contribution in [0.15, 0.2) is 18.2 Å². The molecule has 0 bridgehead atoms. The lowest BCUT2D eigenvalue weighted by Gasteiger charge is -2.35. The first-order chi connectivity index (χ1) is 9.90. The summed E-state index contributed by atoms with van der Waals surface area (Å²) in [5, 5.41) is 13.7. The first-order valence-electron chi connectivity index (χ1n) is 6.82. The van der Waals surface area contributed by atoms with Crippen molar-refractivity contribution in [1.29, 1.82) is 0 Å². The maximum absolute atomic E-state index is 12.3. The zero-order valence-corrected chi connectivity index (χ0v) is 12.8. The lowest BCUT2D eigenvalue weighted by Crippen LogP contribution is -2.48. The third kappa shape index (κ3) is 3.51. The number of halogens is 1. The van der Waals surface area contributed by atoms with E-state index in [1.165, 1.54) is 18.2 Å². The van der Waals surface area contributed by atoms with Gasteiger partial charge in [0.25, 0.3) is 11.6 Å². The summed E-state index contributed by atoms with van der Waals surface area (Å²) in [7, 11) is 2.05. The van der Waals surface area contributed by atoms with Crippen LogP contribution < -0.4 is 5.32 Å². The van der Waals surface area contributed by atoms with E-state index in [1.807, 2.05) is 7.05 Å². The number of nitro groups is 1. The highest BCUT2D eigenvalue weighted by atomic mass is 35.5. The minimum absolute atomic E-state index is 0.0593. The number of carbonyl (C=O) groups is 1. The molecule has 114 valence electrons. The van der Waals surface area contributed by atoms with Crippen LogP contribution in [0.1, 0.15) is 23.7 Å². The molecule has 1 aromatic carbocycles. The van der Waals surface area contributed by atoms with Gasteiger partial charge in [-0.3, -0.25) is 14.9 Å². The SMILES string of the molecule is CC1CN(C)CCC1NC(=O)c1cccc([N+](=O)[O-])c1Cl. The van der Waals surface area contributed by atoms with Crippen molar-refractivity contribution in [2.45, 2.75) is 19.4 Å². The molecule has 0 aliphatic carbocycles. The molecule has 2 atom stereocenters. The Kier molecular flexibility index (Phi) is 4.80. The van der Waals surface area contributed by atoms with Gasteiger partial charge < -0.3 is 10.2 Å². The molecular weight excluding hydrogens is 294 g/mol. The molecule has 6 nitrogen and oxygen atoms in total. The molecule has 1 heterocycles. The number of carbonyl (C=O) groups excluding carboxylic acids is 1. The number of nitrogens with zero attached hydrogens (tertiary/aromatic N) is 2. The van der Waals surface area contributed by atoms with Crippen LogP contribution >= 0.6 is 11.6 Å². The Labute approximate surface area is 128 Å². The molecule has 1 aliphatic heterocycles. The average Bonchev–Trinajstić information content (AvgIpc) is 2.41. The van der Waals surface area contributed by atoms with Crippen molar-refractivity contribution in [3.05, 3.63) is 38.9 Å². The number of nitrogens with one attached hydrogen (secondary N) is 1. The van der Waals surface area contributed by atoms with Gasteiger partial charge in [-0.05, 0) is 32.0 Å². The normalized spacial score (nSPS) is 22.8. The zero-order chi connectivity index (χ0) is 15.6. The van der Waals surface area contributed by atoms with E-state index in [-0.39, 0.29) is 28.2 Å². The Balaban J connectivity index is 2.14. The van der Waals surface area contributed by atoms with Crippen molar-refractivity contribution >= 4 is 23.2 Å². The minimum atomic E-state index is -0.586. The number of likely N-dealkylation sites (tertiary alicyclic amines) is 1. The van der Waals surface area contributed by atoms with Gasteiger partial charge in [-0.15, -0.1) is 0 Å². The van der Waals surface area contributed by atoms with Crippen molar-refractivity contribution in [2.75, 3.05) is 20.1 Å². The number of rotatable bonds is 3. The predicted molar refractivity (Wildman–Crippen MR) is 80.6 cm³/mol. The molecule has 0 saturated carbocycles. The van der Waals surface area contributed by atoms with Crippen LogP contribution in [0.3, 0.4) is 0 Å². The number of hydrogen-bond acceptors (Lipinski definition) is 4. The van der Waals surface area contributed by atoms with Gasteiger partial charge in [0.1, 0.15) is 5.02 Å². The molecule has 0 aromatic heterocycles. The van der Waals surface area contributed by atoms with Gasteiger partial charge >= 0.3 is 0 Å². The summed E-state index contributed by atoms with van der Waals surface area (Å²) in [4.78, 5) is 24.8. The summed E-state index contributed by atoms with van der Waals surface area (Å²) in [5.74, 6) is -0.0322. The lowest BCUT2D eigenvalue weighted by molar-refractivity contribution is -0.384. The highest BCUT2D eigenvalue weighted by Crippen LogP contribution is 2.28. The lowest BCUT2D eigenvalue weighted by atomic mass is 9.94. The molecule has 1 aromatic rings. The van der Waals surface area contributed by atoms with E-state index in [9.17, 15) is 14.9 Å². The summed E-state index contributed by atoms with van der Waals surface area (Å²) in [6.07, 6.45) is 0.857. The second-order valence-electron chi connectivity index (χ2n) is 5.50. The first-order valence-corrected chi connectivity index (χ1v) is 7.20. The monoisotopic (exact) mass is 311 g/mol. The fourth-order valence-electron chi connectivity index (χ4n) is 2.65. The predicted octanol–water partition coefficient (Wildman–Crippen LogP) is 2.32. The number of benzene rings is 1. The molecule has 2 unspecified atom stereocenters. The van der Waals surface area contributed by atoms with E-state index >= 15 is 0 Å². The van der Waals surface area contributed by atoms with E-state index < -0.39 is 4.92 Å². The van der Waals surface area contributed by atoms with Crippen LogP contribution in [0.5, 0.6) is 0 Å². The van der Waals surface area contributed by atoms with Gasteiger partial charge in [-0.1, -0.05) is 24.6 Å². The number of hydrogen-bond donors (Lipinski definition) is 1. The molecule has 21 heavy (non-hydrogen) atoms. The molecule has 1 aliphatic rings. The first kappa shape index (κ1) is 15.7. The third-order valence-corrected chi connectivity index (χ3v) is 4.24. The van der Waals surface area contributed by atoms with E-state index in [1.54, 1.807) is 0 Å². The molecule has 0 spiro atoms. The Bertz CT molecular complexity index is 564. The summed E-state index contributed by atoms with van der Waals surface area (Å²) >= 11 is 5.97. The van der Waals surface area contributed by atoms with Gasteiger partial charge in [0.2, 0.25) is 0 Å². The smallest absolute Gasteiger partial charge is 0.288 e. The average molecular weight is 312 g/mol. The van der Waals surface area contributed by atoms with Crippen LogP contribution in [0.4, 0.5) is 5.69 Å². The summed E-state index contributed by atoms with van der Waals surface area (Å²) < 4.78 is 0. The summed E-state index contributed by atoms with van der Waals surface area (Å²) in [5.41, 5.74) is -0.0993. The topological polar surface area (TPSA) is 75.5 Å². The molecular formula is C14H18ClN3O3. The number of nitro benzene ring substituents is 1. The van der Waals surface area contributed by atoms with Crippen LogP contribution in [0, 0.1) is 16.0 Å². The van der Waals surface area contributed by atoms with Gasteiger partial charge in [0.05, 0.1) is 10.5 Å². The fourth-order valence-corrected chi connectivity index (χ4v) is 2.93. The molecule has 1 N–H and O–H groups in total. The van der Waals surface area contributed by atoms with Crippen molar-refractivity contribution in [1.82, 2.24) is 10.2 Å². The van der Waals surface area contributed by atoms with Crippen LogP contribution in [-0.2, 0) is 0 Å². The second-order valence-corrected chi connectivity index (χ2v) is 5.88. The number of amides is 1. The maximum atomic E-state index is 12.3. The van der Waals surface area contributed by atoms with Crippen molar-refractivity contribution in [3.8, 4) is 0 Å². The van der Waals surface area contributed by atoms with Crippen LogP contribution in [0.2, 0.25) is 5.02 Å². The van der Waals surface area contributed by atoms with Crippen LogP contribution in [-0.4, -0.2) is 41.9 Å². The van der Waals surface area contributed by atoms with Crippen molar-refractivity contribution in [2.24, 2.45) is 5.92 Å².